The number of allylic oxidation sites excluding steroid dienone is 2. The van der Waals surface area contributed by atoms with Crippen molar-refractivity contribution in [2.75, 3.05) is 0 Å². The molecule has 0 aliphatic heterocycles. The molecule has 1 heteroatoms. The Morgan fingerprint density at radius 1 is 0.929 bits per heavy atom. The second-order valence-electron chi connectivity index (χ2n) is 3.71. The summed E-state index contributed by atoms with van der Waals surface area (Å²) in [7, 11) is 0. The van der Waals surface area contributed by atoms with Crippen molar-refractivity contribution >= 4 is 6.29 Å². The molecular weight excluding hydrogens is 172 g/mol. The van der Waals surface area contributed by atoms with Gasteiger partial charge in [0.25, 0.3) is 0 Å². The highest BCUT2D eigenvalue weighted by molar-refractivity contribution is 5.50. The average Bonchev–Trinajstić information content (AvgIpc) is 2.21. The first-order valence-electron chi connectivity index (χ1n) is 5.91. The smallest absolute Gasteiger partial charge is 0.198 e. The molecule has 0 aromatic heterocycles. The molecule has 0 spiro atoms. The van der Waals surface area contributed by atoms with E-state index in [1.54, 1.807) is 0 Å². The third-order valence-corrected chi connectivity index (χ3v) is 2.30. The molecule has 14 heavy (non-hydrogen) atoms. The number of rotatable bonds is 10. The van der Waals surface area contributed by atoms with Gasteiger partial charge in [0.05, 0.1) is 0 Å². The normalized spacial score (nSPS) is 10.9. The summed E-state index contributed by atoms with van der Waals surface area (Å²) in [4.78, 5) is 9.88. The van der Waals surface area contributed by atoms with E-state index in [-0.39, 0.29) is 0 Å². The van der Waals surface area contributed by atoms with E-state index in [0.717, 1.165) is 6.42 Å². The van der Waals surface area contributed by atoms with Crippen molar-refractivity contribution in [2.45, 2.75) is 64.7 Å². The van der Waals surface area contributed by atoms with Crippen molar-refractivity contribution in [3.05, 3.63) is 12.2 Å². The molecule has 1 nitrogen and oxygen atoms in total. The Morgan fingerprint density at radius 3 is 2.29 bits per heavy atom. The van der Waals surface area contributed by atoms with E-state index in [4.69, 9.17) is 0 Å². The van der Waals surface area contributed by atoms with Gasteiger partial charge in [-0.2, -0.15) is 0 Å². The lowest BCUT2D eigenvalue weighted by molar-refractivity contribution is 0.551. The Balaban J connectivity index is 2.97. The number of carbonyl (C=O) groups excluding carboxylic acids is 1. The minimum atomic E-state index is 0.549. The van der Waals surface area contributed by atoms with E-state index in [9.17, 15) is 4.79 Å². The van der Waals surface area contributed by atoms with E-state index in [1.165, 1.54) is 44.9 Å². The minimum absolute atomic E-state index is 0.549. The Morgan fingerprint density at radius 2 is 1.57 bits per heavy atom. The van der Waals surface area contributed by atoms with E-state index < -0.39 is 0 Å². The molecule has 0 saturated carbocycles. The van der Waals surface area contributed by atoms with Crippen LogP contribution in [0.4, 0.5) is 0 Å². The molecule has 0 rings (SSSR count). The first-order chi connectivity index (χ1) is 6.91. The van der Waals surface area contributed by atoms with Crippen molar-refractivity contribution in [1.82, 2.24) is 0 Å². The van der Waals surface area contributed by atoms with Gasteiger partial charge in [0.15, 0.2) is 6.29 Å². The van der Waals surface area contributed by atoms with Crippen molar-refractivity contribution < 1.29 is 4.79 Å². The van der Waals surface area contributed by atoms with Crippen LogP contribution in [0.25, 0.3) is 0 Å². The van der Waals surface area contributed by atoms with Crippen molar-refractivity contribution in [2.24, 2.45) is 0 Å². The summed E-state index contributed by atoms with van der Waals surface area (Å²) in [5.41, 5.74) is 0. The molecule has 0 atom stereocenters. The molecule has 0 aromatic rings. The molecule has 0 unspecified atom stereocenters. The molecule has 0 amide bonds. The van der Waals surface area contributed by atoms with Crippen LogP contribution in [0, 0.1) is 0 Å². The first kappa shape index (κ1) is 13.4. The third-order valence-electron chi connectivity index (χ3n) is 2.30. The highest BCUT2D eigenvalue weighted by atomic mass is 16.1. The zero-order chi connectivity index (χ0) is 10.5. The summed E-state index contributed by atoms with van der Waals surface area (Å²) in [6, 6.07) is 0. The zero-order valence-corrected chi connectivity index (χ0v) is 9.43. The van der Waals surface area contributed by atoms with Crippen molar-refractivity contribution in [1.29, 1.82) is 0 Å². The predicted molar refractivity (Wildman–Crippen MR) is 62.1 cm³/mol. The Labute approximate surface area is 88.6 Å². The van der Waals surface area contributed by atoms with Crippen LogP contribution in [0.5, 0.6) is 0 Å². The molecule has 81 valence electrons. The van der Waals surface area contributed by atoms with Gasteiger partial charge in [-0.05, 0) is 19.3 Å². The topological polar surface area (TPSA) is 17.1 Å². The maximum Gasteiger partial charge on any atom is 0.198 e. The van der Waals surface area contributed by atoms with Crippen LogP contribution in [0.3, 0.4) is 0 Å². The van der Waals surface area contributed by atoms with E-state index >= 15 is 0 Å². The summed E-state index contributed by atoms with van der Waals surface area (Å²) in [5.74, 6) is 0. The van der Waals surface area contributed by atoms with Gasteiger partial charge in [-0.3, -0.25) is 4.79 Å². The molecule has 0 heterocycles. The quantitative estimate of drug-likeness (QED) is 0.377. The molecule has 0 bridgehead atoms. The molecule has 0 N–H and O–H groups in total. The summed E-state index contributed by atoms with van der Waals surface area (Å²) in [6.07, 6.45) is 16.9. The predicted octanol–water partition coefficient (Wildman–Crippen LogP) is 4.18. The molecule has 0 aromatic carbocycles. The van der Waals surface area contributed by atoms with E-state index in [0.29, 0.717) is 6.42 Å². The summed E-state index contributed by atoms with van der Waals surface area (Å²) >= 11 is 0. The Bertz CT molecular complexity index is 138. The van der Waals surface area contributed by atoms with Crippen LogP contribution in [-0.2, 0) is 4.79 Å². The third kappa shape index (κ3) is 11.4. The van der Waals surface area contributed by atoms with Crippen LogP contribution in [0.2, 0.25) is 0 Å². The SMILES string of the molecule is CCCCCCCCC=CCC[C]=O. The lowest BCUT2D eigenvalue weighted by Crippen LogP contribution is -1.77. The van der Waals surface area contributed by atoms with Gasteiger partial charge < -0.3 is 0 Å². The number of unbranched alkanes of at least 4 members (excludes halogenated alkanes) is 7. The average molecular weight is 195 g/mol. The largest absolute Gasteiger partial charge is 0.291 e. The number of hydrogen-bond donors (Lipinski definition) is 0. The van der Waals surface area contributed by atoms with Crippen molar-refractivity contribution in [3.8, 4) is 0 Å². The maximum absolute atomic E-state index is 9.88. The van der Waals surface area contributed by atoms with Gasteiger partial charge in [-0.1, -0.05) is 51.2 Å². The van der Waals surface area contributed by atoms with E-state index in [2.05, 4.69) is 19.1 Å². The standard InChI is InChI=1S/C13H23O/c1-2-3-4-5-6-7-8-9-10-11-12-13-14/h9-10H,2-8,11-12H2,1H3. The monoisotopic (exact) mass is 195 g/mol. The van der Waals surface area contributed by atoms with Gasteiger partial charge >= 0.3 is 0 Å². The number of hydrogen-bond acceptors (Lipinski definition) is 1. The van der Waals surface area contributed by atoms with Crippen molar-refractivity contribution in [3.63, 3.8) is 0 Å². The molecular formula is C13H23O. The molecule has 1 radical (unpaired) electrons. The van der Waals surface area contributed by atoms with Gasteiger partial charge in [-0.15, -0.1) is 0 Å². The summed E-state index contributed by atoms with van der Waals surface area (Å²) in [6.45, 7) is 2.24. The fourth-order valence-electron chi connectivity index (χ4n) is 1.42. The molecule has 0 aliphatic carbocycles. The lowest BCUT2D eigenvalue weighted by atomic mass is 10.1. The zero-order valence-electron chi connectivity index (χ0n) is 9.43. The second kappa shape index (κ2) is 12.4. The van der Waals surface area contributed by atoms with Gasteiger partial charge in [0, 0.05) is 6.42 Å². The van der Waals surface area contributed by atoms with Crippen LogP contribution >= 0.6 is 0 Å². The highest BCUT2D eigenvalue weighted by Crippen LogP contribution is 2.07. The maximum atomic E-state index is 9.88. The second-order valence-corrected chi connectivity index (χ2v) is 3.71. The Hall–Kier alpha value is -0.590. The first-order valence-corrected chi connectivity index (χ1v) is 5.91. The van der Waals surface area contributed by atoms with Gasteiger partial charge in [-0.25, -0.2) is 0 Å². The minimum Gasteiger partial charge on any atom is -0.291 e. The highest BCUT2D eigenvalue weighted by Gasteiger charge is 1.87. The fourth-order valence-corrected chi connectivity index (χ4v) is 1.42. The van der Waals surface area contributed by atoms with Crippen LogP contribution in [0.1, 0.15) is 64.7 Å². The summed E-state index contributed by atoms with van der Waals surface area (Å²) in [5, 5.41) is 0. The summed E-state index contributed by atoms with van der Waals surface area (Å²) < 4.78 is 0. The van der Waals surface area contributed by atoms with Crippen LogP contribution < -0.4 is 0 Å². The van der Waals surface area contributed by atoms with Gasteiger partial charge in [0.1, 0.15) is 0 Å². The Kier molecular flexibility index (Phi) is 11.9. The lowest BCUT2D eigenvalue weighted by Gasteiger charge is -1.97. The molecule has 0 aliphatic rings. The van der Waals surface area contributed by atoms with Crippen LogP contribution in [-0.4, -0.2) is 6.29 Å². The molecule has 0 saturated heterocycles. The van der Waals surface area contributed by atoms with Gasteiger partial charge in [0.2, 0.25) is 0 Å². The fraction of sp³-hybridized carbons (Fsp3) is 0.769. The van der Waals surface area contributed by atoms with E-state index in [1.807, 2.05) is 6.29 Å². The van der Waals surface area contributed by atoms with Crippen LogP contribution in [0.15, 0.2) is 12.2 Å². The molecule has 0 fully saturated rings.